The lowest BCUT2D eigenvalue weighted by Gasteiger charge is -2.37. The lowest BCUT2D eigenvalue weighted by atomic mass is 10.0. The second-order valence-electron chi connectivity index (χ2n) is 7.33. The number of carbonyl (C=O) groups is 1. The van der Waals surface area contributed by atoms with Crippen LogP contribution in [0.25, 0.3) is 0 Å². The van der Waals surface area contributed by atoms with Crippen molar-refractivity contribution in [2.24, 2.45) is 0 Å². The summed E-state index contributed by atoms with van der Waals surface area (Å²) in [5, 5.41) is 0.738. The molecule has 0 radical (unpaired) electrons. The van der Waals surface area contributed by atoms with E-state index in [4.69, 9.17) is 11.6 Å². The van der Waals surface area contributed by atoms with Crippen molar-refractivity contribution in [3.63, 3.8) is 0 Å². The average molecular weight is 403 g/mol. The molecule has 2 aliphatic heterocycles. The minimum Gasteiger partial charge on any atom is -0.340 e. The van der Waals surface area contributed by atoms with Crippen LogP contribution in [0, 0.1) is 5.82 Å². The molecule has 0 aliphatic carbocycles. The number of piperazine rings is 1. The van der Waals surface area contributed by atoms with Gasteiger partial charge in [-0.15, -0.1) is 0 Å². The van der Waals surface area contributed by atoms with Gasteiger partial charge >= 0.3 is 0 Å². The number of hydrogen-bond donors (Lipinski definition) is 2. The molecular formula is C21H24ClFN4O. The monoisotopic (exact) mass is 402 g/mol. The van der Waals surface area contributed by atoms with Crippen LogP contribution in [0.15, 0.2) is 48.5 Å². The molecule has 2 unspecified atom stereocenters. The predicted octanol–water partition coefficient (Wildman–Crippen LogP) is 2.73. The van der Waals surface area contributed by atoms with Crippen LogP contribution in [0.1, 0.15) is 23.6 Å². The van der Waals surface area contributed by atoms with Crippen molar-refractivity contribution in [2.75, 3.05) is 26.2 Å². The van der Waals surface area contributed by atoms with Crippen molar-refractivity contribution < 1.29 is 9.18 Å². The fourth-order valence-electron chi connectivity index (χ4n) is 3.89. The molecule has 1 amide bonds. The van der Waals surface area contributed by atoms with E-state index in [-0.39, 0.29) is 30.4 Å². The summed E-state index contributed by atoms with van der Waals surface area (Å²) in [7, 11) is 0. The van der Waals surface area contributed by atoms with Crippen molar-refractivity contribution >= 4 is 17.5 Å². The van der Waals surface area contributed by atoms with Gasteiger partial charge in [0.1, 0.15) is 5.82 Å². The average Bonchev–Trinajstić information content (AvgIpc) is 3.20. The highest BCUT2D eigenvalue weighted by atomic mass is 35.5. The van der Waals surface area contributed by atoms with Crippen molar-refractivity contribution in [3.8, 4) is 0 Å². The Hall–Kier alpha value is -1.99. The zero-order chi connectivity index (χ0) is 19.5. The summed E-state index contributed by atoms with van der Waals surface area (Å²) in [5.41, 5.74) is 8.39. The summed E-state index contributed by atoms with van der Waals surface area (Å²) in [6.07, 6.45) is 1.30. The minimum absolute atomic E-state index is 0.0127. The highest BCUT2D eigenvalue weighted by Gasteiger charge is 2.32. The number of carbonyl (C=O) groups excluding carboxylic acids is 1. The van der Waals surface area contributed by atoms with Crippen LogP contribution in [0.3, 0.4) is 0 Å². The summed E-state index contributed by atoms with van der Waals surface area (Å²) in [6, 6.07) is 14.6. The number of rotatable bonds is 4. The Kier molecular flexibility index (Phi) is 5.92. The van der Waals surface area contributed by atoms with Gasteiger partial charge in [-0.25, -0.2) is 15.2 Å². The lowest BCUT2D eigenvalue weighted by Crippen LogP contribution is -2.55. The fraction of sp³-hybridized carbons (Fsp3) is 0.381. The van der Waals surface area contributed by atoms with E-state index in [0.29, 0.717) is 18.7 Å². The summed E-state index contributed by atoms with van der Waals surface area (Å²) >= 11 is 5.97. The van der Waals surface area contributed by atoms with Crippen LogP contribution in [-0.2, 0) is 11.2 Å². The molecule has 2 atom stereocenters. The second-order valence-corrected chi connectivity index (χ2v) is 7.77. The minimum atomic E-state index is -0.316. The molecule has 0 spiro atoms. The Labute approximate surface area is 169 Å². The van der Waals surface area contributed by atoms with E-state index in [1.165, 1.54) is 11.6 Å². The molecule has 5 nitrogen and oxygen atoms in total. The molecule has 2 fully saturated rings. The first-order valence-corrected chi connectivity index (χ1v) is 10.00. The van der Waals surface area contributed by atoms with Crippen LogP contribution in [0.5, 0.6) is 0 Å². The first-order chi connectivity index (χ1) is 13.6. The molecule has 2 aliphatic rings. The summed E-state index contributed by atoms with van der Waals surface area (Å²) in [6.45, 7) is 2.93. The summed E-state index contributed by atoms with van der Waals surface area (Å²) in [5.74, 6) is -0.328. The Morgan fingerprint density at radius 2 is 1.75 bits per heavy atom. The van der Waals surface area contributed by atoms with Gasteiger partial charge in [-0.05, 0) is 35.7 Å². The molecule has 2 saturated heterocycles. The number of benzene rings is 2. The highest BCUT2D eigenvalue weighted by Crippen LogP contribution is 2.25. The third-order valence-electron chi connectivity index (χ3n) is 5.56. The zero-order valence-electron chi connectivity index (χ0n) is 15.6. The maximum absolute atomic E-state index is 13.8. The largest absolute Gasteiger partial charge is 0.340 e. The van der Waals surface area contributed by atoms with E-state index >= 15 is 0 Å². The Morgan fingerprint density at radius 1 is 1.04 bits per heavy atom. The Morgan fingerprint density at radius 3 is 2.46 bits per heavy atom. The first kappa shape index (κ1) is 19.3. The molecule has 2 N–H and O–H groups in total. The smallest absolute Gasteiger partial charge is 0.227 e. The number of halogens is 2. The molecule has 28 heavy (non-hydrogen) atoms. The molecule has 2 aromatic rings. The maximum Gasteiger partial charge on any atom is 0.227 e. The molecule has 2 aromatic carbocycles. The zero-order valence-corrected chi connectivity index (χ0v) is 16.3. The Balaban J connectivity index is 1.28. The van der Waals surface area contributed by atoms with Crippen LogP contribution in [-0.4, -0.2) is 48.1 Å². The third-order valence-corrected chi connectivity index (χ3v) is 5.81. The fourth-order valence-corrected chi connectivity index (χ4v) is 4.02. The SMILES string of the molecule is O=C(Cc1ccccc1F)N1CCN(C2CC(c3ccc(Cl)cc3)NN2)CC1. The molecule has 0 aromatic heterocycles. The van der Waals surface area contributed by atoms with Crippen molar-refractivity contribution in [1.29, 1.82) is 0 Å². The predicted molar refractivity (Wildman–Crippen MR) is 107 cm³/mol. The standard InChI is InChI=1S/C21H24ClFN4O/c22-17-7-5-15(6-8-17)19-14-20(25-24-19)26-9-11-27(12-10-26)21(28)13-16-3-1-2-4-18(16)23/h1-8,19-20,24-25H,9-14H2. The number of hydrazine groups is 1. The van der Waals surface area contributed by atoms with Gasteiger partial charge in [0.15, 0.2) is 0 Å². The van der Waals surface area contributed by atoms with Crippen LogP contribution >= 0.6 is 11.6 Å². The van der Waals surface area contributed by atoms with E-state index < -0.39 is 0 Å². The lowest BCUT2D eigenvalue weighted by molar-refractivity contribution is -0.132. The highest BCUT2D eigenvalue weighted by molar-refractivity contribution is 6.30. The topological polar surface area (TPSA) is 47.6 Å². The number of hydrogen-bond acceptors (Lipinski definition) is 4. The van der Waals surface area contributed by atoms with E-state index in [2.05, 4.69) is 15.8 Å². The van der Waals surface area contributed by atoms with Gasteiger partial charge in [-0.2, -0.15) is 0 Å². The van der Waals surface area contributed by atoms with E-state index in [1.54, 1.807) is 18.2 Å². The number of amides is 1. The molecular weight excluding hydrogens is 379 g/mol. The second kappa shape index (κ2) is 8.57. The van der Waals surface area contributed by atoms with Gasteiger partial charge in [0.25, 0.3) is 0 Å². The molecule has 7 heteroatoms. The normalized spacial score (nSPS) is 23.1. The van der Waals surface area contributed by atoms with Crippen molar-refractivity contribution in [2.45, 2.75) is 25.0 Å². The van der Waals surface area contributed by atoms with Gasteiger partial charge in [0.2, 0.25) is 5.91 Å². The first-order valence-electron chi connectivity index (χ1n) is 9.62. The number of nitrogens with one attached hydrogen (secondary N) is 2. The molecule has 2 heterocycles. The van der Waals surface area contributed by atoms with Gasteiger partial charge < -0.3 is 4.90 Å². The molecule has 4 rings (SSSR count). The van der Waals surface area contributed by atoms with E-state index in [9.17, 15) is 9.18 Å². The molecule has 0 saturated carbocycles. The van der Waals surface area contributed by atoms with E-state index in [0.717, 1.165) is 24.5 Å². The third kappa shape index (κ3) is 4.36. The van der Waals surface area contributed by atoms with Crippen molar-refractivity contribution in [3.05, 3.63) is 70.5 Å². The van der Waals surface area contributed by atoms with Crippen LogP contribution < -0.4 is 10.9 Å². The van der Waals surface area contributed by atoms with Crippen LogP contribution in [0.4, 0.5) is 4.39 Å². The van der Waals surface area contributed by atoms with Crippen molar-refractivity contribution in [1.82, 2.24) is 20.7 Å². The van der Waals surface area contributed by atoms with Crippen LogP contribution in [0.2, 0.25) is 5.02 Å². The molecule has 148 valence electrons. The summed E-state index contributed by atoms with van der Waals surface area (Å²) < 4.78 is 13.8. The Bertz CT molecular complexity index is 823. The van der Waals surface area contributed by atoms with Gasteiger partial charge in [0.05, 0.1) is 12.6 Å². The number of nitrogens with zero attached hydrogens (tertiary/aromatic N) is 2. The van der Waals surface area contributed by atoms with Gasteiger partial charge in [0, 0.05) is 37.2 Å². The van der Waals surface area contributed by atoms with Gasteiger partial charge in [-0.1, -0.05) is 41.9 Å². The van der Waals surface area contributed by atoms with Gasteiger partial charge in [-0.3, -0.25) is 9.69 Å². The quantitative estimate of drug-likeness (QED) is 0.825. The summed E-state index contributed by atoms with van der Waals surface area (Å²) in [4.78, 5) is 16.7. The maximum atomic E-state index is 13.8. The molecule has 0 bridgehead atoms. The van der Waals surface area contributed by atoms with E-state index in [1.807, 2.05) is 29.2 Å².